The van der Waals surface area contributed by atoms with Crippen molar-refractivity contribution in [3.63, 3.8) is 0 Å². The summed E-state index contributed by atoms with van der Waals surface area (Å²) >= 11 is 5.79. The van der Waals surface area contributed by atoms with Crippen molar-refractivity contribution in [2.45, 2.75) is 39.2 Å². The Morgan fingerprint density at radius 3 is 2.35 bits per heavy atom. The first-order chi connectivity index (χ1) is 12.1. The number of carbonyl (C=O) groups excluding carboxylic acids is 3. The number of carbonyl (C=O) groups is 3. The molecule has 0 aliphatic rings. The molecule has 0 aliphatic heterocycles. The predicted molar refractivity (Wildman–Crippen MR) is 101 cm³/mol. The number of ether oxygens (including phenoxy) is 1. The first-order valence-electron chi connectivity index (χ1n) is 8.33. The second-order valence-corrected chi connectivity index (χ2v) is 7.27. The summed E-state index contributed by atoms with van der Waals surface area (Å²) in [5.74, 6) is -0.475. The quantitative estimate of drug-likeness (QED) is 0.708. The van der Waals surface area contributed by atoms with Gasteiger partial charge in [0.15, 0.2) is 0 Å². The fourth-order valence-electron chi connectivity index (χ4n) is 1.97. The molecule has 0 unspecified atom stereocenters. The summed E-state index contributed by atoms with van der Waals surface area (Å²) in [6.07, 6.45) is 0.169. The zero-order valence-corrected chi connectivity index (χ0v) is 16.4. The minimum atomic E-state index is -0.558. The third-order valence-electron chi connectivity index (χ3n) is 3.17. The van der Waals surface area contributed by atoms with Gasteiger partial charge in [-0.05, 0) is 51.5 Å². The van der Waals surface area contributed by atoms with Gasteiger partial charge in [-0.2, -0.15) is 0 Å². The van der Waals surface area contributed by atoms with Crippen LogP contribution in [-0.4, -0.2) is 48.5 Å². The lowest BCUT2D eigenvalue weighted by molar-refractivity contribution is -0.133. The highest BCUT2D eigenvalue weighted by molar-refractivity contribution is 6.30. The first kappa shape index (κ1) is 21.8. The molecule has 0 aromatic heterocycles. The largest absolute Gasteiger partial charge is 0.444 e. The van der Waals surface area contributed by atoms with Crippen molar-refractivity contribution < 1.29 is 19.1 Å². The maximum Gasteiger partial charge on any atom is 0.407 e. The van der Waals surface area contributed by atoms with Crippen LogP contribution in [0.1, 0.15) is 33.6 Å². The van der Waals surface area contributed by atoms with Crippen LogP contribution in [0.25, 0.3) is 0 Å². The van der Waals surface area contributed by atoms with E-state index in [1.165, 1.54) is 4.90 Å². The van der Waals surface area contributed by atoms with Gasteiger partial charge in [0.1, 0.15) is 5.60 Å². The number of halogens is 1. The van der Waals surface area contributed by atoms with Crippen LogP contribution in [0.5, 0.6) is 0 Å². The van der Waals surface area contributed by atoms with Crippen molar-refractivity contribution in [3.05, 3.63) is 29.3 Å². The van der Waals surface area contributed by atoms with E-state index < -0.39 is 11.7 Å². The van der Waals surface area contributed by atoms with E-state index in [1.807, 2.05) is 0 Å². The Morgan fingerprint density at radius 2 is 1.77 bits per heavy atom. The van der Waals surface area contributed by atoms with E-state index >= 15 is 0 Å². The van der Waals surface area contributed by atoms with Crippen LogP contribution >= 0.6 is 11.6 Å². The Bertz CT molecular complexity index is 626. The molecular weight excluding hydrogens is 358 g/mol. The number of amides is 3. The lowest BCUT2D eigenvalue weighted by atomic mass is 10.2. The summed E-state index contributed by atoms with van der Waals surface area (Å²) < 4.78 is 5.10. The Hall–Kier alpha value is -2.28. The number of nitrogens with one attached hydrogen (secondary N) is 2. The molecule has 0 saturated carbocycles. The van der Waals surface area contributed by atoms with Crippen LogP contribution < -0.4 is 10.6 Å². The van der Waals surface area contributed by atoms with Gasteiger partial charge in [0.05, 0.1) is 6.54 Å². The number of anilines is 1. The molecule has 1 aromatic rings. The SMILES string of the molecule is CN(CC(=O)Nc1ccc(Cl)cc1)C(=O)CCCNC(=O)OC(C)(C)C. The number of benzene rings is 1. The average Bonchev–Trinajstić information content (AvgIpc) is 2.51. The minimum Gasteiger partial charge on any atom is -0.444 e. The number of alkyl carbamates (subject to hydrolysis) is 1. The van der Waals surface area contributed by atoms with Gasteiger partial charge in [-0.3, -0.25) is 9.59 Å². The molecule has 0 radical (unpaired) electrons. The number of hydrogen-bond donors (Lipinski definition) is 2. The number of likely N-dealkylation sites (N-methyl/N-ethyl adjacent to an activating group) is 1. The molecule has 1 aromatic carbocycles. The van der Waals surface area contributed by atoms with Gasteiger partial charge in [-0.1, -0.05) is 11.6 Å². The Balaban J connectivity index is 2.26. The standard InChI is InChI=1S/C18H26ClN3O4/c1-18(2,3)26-17(25)20-11-5-6-16(24)22(4)12-15(23)21-14-9-7-13(19)8-10-14/h7-10H,5-6,11-12H2,1-4H3,(H,20,25)(H,21,23). The zero-order valence-electron chi connectivity index (χ0n) is 15.6. The molecule has 2 N–H and O–H groups in total. The normalized spacial score (nSPS) is 10.8. The fourth-order valence-corrected chi connectivity index (χ4v) is 2.10. The van der Waals surface area contributed by atoms with Gasteiger partial charge in [0.25, 0.3) is 0 Å². The van der Waals surface area contributed by atoms with Gasteiger partial charge in [-0.25, -0.2) is 4.79 Å². The summed E-state index contributed by atoms with van der Waals surface area (Å²) in [4.78, 5) is 36.8. The maximum atomic E-state index is 12.0. The molecule has 0 fully saturated rings. The van der Waals surface area contributed by atoms with Crippen molar-refractivity contribution in [2.75, 3.05) is 25.5 Å². The molecule has 0 spiro atoms. The second kappa shape index (κ2) is 10.0. The van der Waals surface area contributed by atoms with Crippen LogP contribution in [-0.2, 0) is 14.3 Å². The number of nitrogens with zero attached hydrogens (tertiary/aromatic N) is 1. The molecule has 7 nitrogen and oxygen atoms in total. The van der Waals surface area contributed by atoms with Crippen molar-refractivity contribution in [2.24, 2.45) is 0 Å². The molecule has 0 atom stereocenters. The van der Waals surface area contributed by atoms with Crippen LogP contribution in [0.15, 0.2) is 24.3 Å². The van der Waals surface area contributed by atoms with E-state index in [0.29, 0.717) is 23.7 Å². The van der Waals surface area contributed by atoms with Crippen LogP contribution in [0.3, 0.4) is 0 Å². The minimum absolute atomic E-state index is 0.0546. The van der Waals surface area contributed by atoms with Gasteiger partial charge >= 0.3 is 6.09 Å². The summed E-state index contributed by atoms with van der Waals surface area (Å²) in [5.41, 5.74) is 0.0548. The lowest BCUT2D eigenvalue weighted by Gasteiger charge is -2.20. The van der Waals surface area contributed by atoms with Gasteiger partial charge in [0.2, 0.25) is 11.8 Å². The molecule has 26 heavy (non-hydrogen) atoms. The zero-order chi connectivity index (χ0) is 19.7. The molecule has 0 saturated heterocycles. The monoisotopic (exact) mass is 383 g/mol. The van der Waals surface area contributed by atoms with E-state index in [4.69, 9.17) is 16.3 Å². The van der Waals surface area contributed by atoms with Gasteiger partial charge < -0.3 is 20.3 Å². The molecule has 144 valence electrons. The molecule has 0 heterocycles. The highest BCUT2D eigenvalue weighted by atomic mass is 35.5. The Morgan fingerprint density at radius 1 is 1.15 bits per heavy atom. The Labute approximate surface area is 159 Å². The summed E-state index contributed by atoms with van der Waals surface area (Å²) in [5, 5.41) is 5.86. The van der Waals surface area contributed by atoms with E-state index in [0.717, 1.165) is 0 Å². The second-order valence-electron chi connectivity index (χ2n) is 6.84. The molecule has 3 amide bonds. The Kier molecular flexibility index (Phi) is 8.38. The van der Waals surface area contributed by atoms with E-state index in [9.17, 15) is 14.4 Å². The number of rotatable bonds is 7. The predicted octanol–water partition coefficient (Wildman–Crippen LogP) is 3.04. The van der Waals surface area contributed by atoms with Gasteiger partial charge in [0, 0.05) is 30.7 Å². The third-order valence-corrected chi connectivity index (χ3v) is 3.42. The summed E-state index contributed by atoms with van der Waals surface area (Å²) in [6.45, 7) is 5.60. The van der Waals surface area contributed by atoms with Crippen LogP contribution in [0, 0.1) is 0 Å². The highest BCUT2D eigenvalue weighted by Gasteiger charge is 2.16. The number of hydrogen-bond acceptors (Lipinski definition) is 4. The van der Waals surface area contributed by atoms with E-state index in [1.54, 1.807) is 52.1 Å². The highest BCUT2D eigenvalue weighted by Crippen LogP contribution is 2.13. The van der Waals surface area contributed by atoms with E-state index in [2.05, 4.69) is 10.6 Å². The van der Waals surface area contributed by atoms with Crippen molar-refractivity contribution in [3.8, 4) is 0 Å². The summed E-state index contributed by atoms with van der Waals surface area (Å²) in [7, 11) is 1.56. The first-order valence-corrected chi connectivity index (χ1v) is 8.71. The van der Waals surface area contributed by atoms with Crippen LogP contribution in [0.4, 0.5) is 10.5 Å². The van der Waals surface area contributed by atoms with Crippen molar-refractivity contribution in [1.29, 1.82) is 0 Å². The molecule has 1 rings (SSSR count). The molecule has 8 heteroatoms. The topological polar surface area (TPSA) is 87.7 Å². The molecular formula is C18H26ClN3O4. The smallest absolute Gasteiger partial charge is 0.407 e. The van der Waals surface area contributed by atoms with Crippen molar-refractivity contribution in [1.82, 2.24) is 10.2 Å². The maximum absolute atomic E-state index is 12.0. The lowest BCUT2D eigenvalue weighted by Crippen LogP contribution is -2.36. The van der Waals surface area contributed by atoms with E-state index in [-0.39, 0.29) is 24.8 Å². The fraction of sp³-hybridized carbons (Fsp3) is 0.500. The summed E-state index contributed by atoms with van der Waals surface area (Å²) in [6, 6.07) is 6.71. The van der Waals surface area contributed by atoms with Crippen molar-refractivity contribution >= 4 is 35.2 Å². The molecule has 0 bridgehead atoms. The third kappa shape index (κ3) is 9.27. The molecule has 0 aliphatic carbocycles. The van der Waals surface area contributed by atoms with Crippen LogP contribution in [0.2, 0.25) is 5.02 Å². The average molecular weight is 384 g/mol. The van der Waals surface area contributed by atoms with Gasteiger partial charge in [-0.15, -0.1) is 0 Å².